The molecule has 1 N–H and O–H groups in total. The number of hydrogen-bond donors (Lipinski definition) is 1. The normalized spacial score (nSPS) is 16.2. The molecule has 32 heavy (non-hydrogen) atoms. The SMILES string of the molecule is C=CCN1C(=S)NC(c2ccc(OCC)cc2)C(c2nc(-c3ccc(C)cc3)no2)=C1C. The van der Waals surface area contributed by atoms with Gasteiger partial charge in [-0.15, -0.1) is 6.58 Å². The minimum Gasteiger partial charge on any atom is -0.494 e. The van der Waals surface area contributed by atoms with Gasteiger partial charge in [-0.3, -0.25) is 0 Å². The molecule has 0 spiro atoms. The van der Waals surface area contributed by atoms with Crippen LogP contribution in [0.3, 0.4) is 0 Å². The van der Waals surface area contributed by atoms with Gasteiger partial charge in [0.15, 0.2) is 5.11 Å². The van der Waals surface area contributed by atoms with Crippen molar-refractivity contribution in [2.75, 3.05) is 13.2 Å². The molecule has 1 aliphatic heterocycles. The lowest BCUT2D eigenvalue weighted by atomic mass is 9.94. The highest BCUT2D eigenvalue weighted by Crippen LogP contribution is 2.37. The summed E-state index contributed by atoms with van der Waals surface area (Å²) in [7, 11) is 0. The van der Waals surface area contributed by atoms with Gasteiger partial charge in [-0.1, -0.05) is 53.2 Å². The van der Waals surface area contributed by atoms with E-state index in [-0.39, 0.29) is 6.04 Å². The largest absolute Gasteiger partial charge is 0.494 e. The van der Waals surface area contributed by atoms with Crippen LogP contribution in [0.25, 0.3) is 17.0 Å². The van der Waals surface area contributed by atoms with Crippen molar-refractivity contribution < 1.29 is 9.26 Å². The maximum atomic E-state index is 5.76. The smallest absolute Gasteiger partial charge is 0.258 e. The molecule has 164 valence electrons. The number of benzene rings is 2. The fraction of sp³-hybridized carbons (Fsp3) is 0.240. The Morgan fingerprint density at radius 1 is 1.16 bits per heavy atom. The summed E-state index contributed by atoms with van der Waals surface area (Å²) in [6, 6.07) is 15.8. The summed E-state index contributed by atoms with van der Waals surface area (Å²) in [4.78, 5) is 6.72. The van der Waals surface area contributed by atoms with Crippen molar-refractivity contribution >= 4 is 22.9 Å². The third kappa shape index (κ3) is 4.29. The molecule has 0 saturated heterocycles. The van der Waals surface area contributed by atoms with Crippen LogP contribution in [-0.4, -0.2) is 33.3 Å². The van der Waals surface area contributed by atoms with Crippen LogP contribution < -0.4 is 10.1 Å². The Labute approximate surface area is 193 Å². The molecule has 0 fully saturated rings. The van der Waals surface area contributed by atoms with E-state index in [1.807, 2.05) is 80.3 Å². The van der Waals surface area contributed by atoms with Gasteiger partial charge in [-0.05, 0) is 50.7 Å². The first-order chi connectivity index (χ1) is 15.5. The molecule has 0 bridgehead atoms. The van der Waals surface area contributed by atoms with Crippen molar-refractivity contribution in [3.63, 3.8) is 0 Å². The van der Waals surface area contributed by atoms with Crippen molar-refractivity contribution in [2.24, 2.45) is 0 Å². The van der Waals surface area contributed by atoms with Gasteiger partial charge >= 0.3 is 0 Å². The van der Waals surface area contributed by atoms with Crippen LogP contribution >= 0.6 is 12.2 Å². The van der Waals surface area contributed by atoms with Gasteiger partial charge in [0.2, 0.25) is 5.82 Å². The van der Waals surface area contributed by atoms with Gasteiger partial charge in [0.25, 0.3) is 5.89 Å². The van der Waals surface area contributed by atoms with Crippen LogP contribution in [0.4, 0.5) is 0 Å². The average Bonchev–Trinajstić information content (AvgIpc) is 3.27. The zero-order chi connectivity index (χ0) is 22.7. The minimum atomic E-state index is -0.231. The Morgan fingerprint density at radius 3 is 2.53 bits per heavy atom. The van der Waals surface area contributed by atoms with Gasteiger partial charge in [0, 0.05) is 17.8 Å². The maximum Gasteiger partial charge on any atom is 0.258 e. The molecule has 2 aromatic carbocycles. The maximum absolute atomic E-state index is 5.76. The van der Waals surface area contributed by atoms with E-state index in [4.69, 9.17) is 26.5 Å². The number of rotatable bonds is 7. The third-order valence-electron chi connectivity index (χ3n) is 5.40. The second kappa shape index (κ2) is 9.36. The number of hydrogen-bond acceptors (Lipinski definition) is 5. The topological polar surface area (TPSA) is 63.4 Å². The molecule has 1 atom stereocenters. The third-order valence-corrected chi connectivity index (χ3v) is 5.74. The first kappa shape index (κ1) is 21.8. The van der Waals surface area contributed by atoms with E-state index in [1.54, 1.807) is 0 Å². The molecule has 3 aromatic rings. The molecular weight excluding hydrogens is 420 g/mol. The van der Waals surface area contributed by atoms with Gasteiger partial charge in [-0.25, -0.2) is 0 Å². The molecule has 7 heteroatoms. The average molecular weight is 447 g/mol. The zero-order valence-corrected chi connectivity index (χ0v) is 19.3. The molecule has 4 rings (SSSR count). The number of nitrogens with zero attached hydrogens (tertiary/aromatic N) is 3. The molecule has 6 nitrogen and oxygen atoms in total. The van der Waals surface area contributed by atoms with Crippen molar-refractivity contribution in [1.82, 2.24) is 20.4 Å². The number of aromatic nitrogens is 2. The molecule has 0 radical (unpaired) electrons. The van der Waals surface area contributed by atoms with Crippen molar-refractivity contribution in [3.8, 4) is 17.1 Å². The van der Waals surface area contributed by atoms with Gasteiger partial charge < -0.3 is 19.5 Å². The molecule has 1 aliphatic rings. The van der Waals surface area contributed by atoms with Gasteiger partial charge in [0.1, 0.15) is 5.75 Å². The lowest BCUT2D eigenvalue weighted by molar-refractivity contribution is 0.340. The summed E-state index contributed by atoms with van der Waals surface area (Å²) in [5, 5.41) is 8.31. The highest BCUT2D eigenvalue weighted by molar-refractivity contribution is 7.80. The predicted molar refractivity (Wildman–Crippen MR) is 130 cm³/mol. The van der Waals surface area contributed by atoms with Gasteiger partial charge in [-0.2, -0.15) is 4.98 Å². The Bertz CT molecular complexity index is 1150. The fourth-order valence-corrected chi connectivity index (χ4v) is 4.06. The van der Waals surface area contributed by atoms with Crippen LogP contribution in [-0.2, 0) is 0 Å². The monoisotopic (exact) mass is 446 g/mol. The van der Waals surface area contributed by atoms with Crippen molar-refractivity contribution in [1.29, 1.82) is 0 Å². The van der Waals surface area contributed by atoms with E-state index in [2.05, 4.69) is 17.1 Å². The quantitative estimate of drug-likeness (QED) is 0.391. The lowest BCUT2D eigenvalue weighted by Gasteiger charge is -2.36. The highest BCUT2D eigenvalue weighted by atomic mass is 32.1. The fourth-order valence-electron chi connectivity index (χ4n) is 3.73. The number of aryl methyl sites for hydroxylation is 1. The summed E-state index contributed by atoms with van der Waals surface area (Å²) in [6.07, 6.45) is 1.82. The standard InChI is InChI=1S/C25H26N4O2S/c1-5-15-29-17(4)21(24-27-23(28-31-24)19-9-7-16(3)8-10-19)22(26-25(29)32)18-11-13-20(14-12-18)30-6-2/h5,7-14,22H,1,6,15H2,2-4H3,(H,26,32). The van der Waals surface area contributed by atoms with Crippen LogP contribution in [0, 0.1) is 6.92 Å². The number of thiocarbonyl (C=S) groups is 1. The van der Waals surface area contributed by atoms with Crippen LogP contribution in [0.5, 0.6) is 5.75 Å². The predicted octanol–water partition coefficient (Wildman–Crippen LogP) is 5.29. The Morgan fingerprint density at radius 2 is 1.88 bits per heavy atom. The molecule has 0 saturated carbocycles. The van der Waals surface area contributed by atoms with E-state index >= 15 is 0 Å². The van der Waals surface area contributed by atoms with E-state index in [0.29, 0.717) is 30.0 Å². The number of ether oxygens (including phenoxy) is 1. The molecule has 2 heterocycles. The van der Waals surface area contributed by atoms with E-state index in [1.165, 1.54) is 5.56 Å². The Balaban J connectivity index is 1.77. The van der Waals surface area contributed by atoms with E-state index < -0.39 is 0 Å². The van der Waals surface area contributed by atoms with Crippen molar-refractivity contribution in [3.05, 3.63) is 83.9 Å². The molecule has 1 aromatic heterocycles. The summed E-state index contributed by atoms with van der Waals surface area (Å²) in [5.41, 5.74) is 4.95. The van der Waals surface area contributed by atoms with Crippen LogP contribution in [0.15, 0.2) is 71.4 Å². The second-order valence-corrected chi connectivity index (χ2v) is 7.96. The summed E-state index contributed by atoms with van der Waals surface area (Å²) in [5.74, 6) is 1.83. The molecular formula is C25H26N4O2S. The first-order valence-corrected chi connectivity index (χ1v) is 11.0. The molecule has 0 amide bonds. The number of allylic oxidation sites excluding steroid dienone is 1. The minimum absolute atomic E-state index is 0.231. The van der Waals surface area contributed by atoms with Crippen LogP contribution in [0.2, 0.25) is 0 Å². The molecule has 0 aliphatic carbocycles. The highest BCUT2D eigenvalue weighted by Gasteiger charge is 2.33. The second-order valence-electron chi connectivity index (χ2n) is 7.57. The summed E-state index contributed by atoms with van der Waals surface area (Å²) >= 11 is 5.65. The number of nitrogens with one attached hydrogen (secondary N) is 1. The Hall–Kier alpha value is -3.45. The van der Waals surface area contributed by atoms with Gasteiger partial charge in [0.05, 0.1) is 18.2 Å². The summed E-state index contributed by atoms with van der Waals surface area (Å²) < 4.78 is 11.3. The Kier molecular flexibility index (Phi) is 6.37. The van der Waals surface area contributed by atoms with E-state index in [9.17, 15) is 0 Å². The molecule has 1 unspecified atom stereocenters. The first-order valence-electron chi connectivity index (χ1n) is 10.6. The van der Waals surface area contributed by atoms with Crippen molar-refractivity contribution in [2.45, 2.75) is 26.8 Å². The zero-order valence-electron chi connectivity index (χ0n) is 18.5. The van der Waals surface area contributed by atoms with E-state index in [0.717, 1.165) is 28.1 Å². The lowest BCUT2D eigenvalue weighted by Crippen LogP contribution is -2.45. The summed E-state index contributed by atoms with van der Waals surface area (Å²) in [6.45, 7) is 11.1. The van der Waals surface area contributed by atoms with Crippen LogP contribution in [0.1, 0.15) is 36.9 Å².